The third-order valence-corrected chi connectivity index (χ3v) is 4.74. The second-order valence-electron chi connectivity index (χ2n) is 6.42. The van der Waals surface area contributed by atoms with Crippen LogP contribution in [-0.4, -0.2) is 40.6 Å². The summed E-state index contributed by atoms with van der Waals surface area (Å²) in [6.07, 6.45) is 7.25. The van der Waals surface area contributed by atoms with Gasteiger partial charge < -0.3 is 9.67 Å². The Hall–Kier alpha value is -3.71. The van der Waals surface area contributed by atoms with Gasteiger partial charge >= 0.3 is 0 Å². The van der Waals surface area contributed by atoms with Gasteiger partial charge in [0.2, 0.25) is 0 Å². The molecule has 5 aromatic rings. The normalized spacial score (nSPS) is 11.3. The van der Waals surface area contributed by atoms with Crippen LogP contribution in [0, 0.1) is 0 Å². The minimum Gasteiger partial charge on any atom is -0.395 e. The number of fused-ring (bicyclic) bond motifs is 1. The summed E-state index contributed by atoms with van der Waals surface area (Å²) in [5.41, 5.74) is 4.73. The molecule has 28 heavy (non-hydrogen) atoms. The Morgan fingerprint density at radius 1 is 0.893 bits per heavy atom. The van der Waals surface area contributed by atoms with E-state index < -0.39 is 0 Å². The van der Waals surface area contributed by atoms with Crippen LogP contribution in [0.1, 0.15) is 0 Å². The maximum Gasteiger partial charge on any atom is 0.163 e. The van der Waals surface area contributed by atoms with Crippen molar-refractivity contribution in [2.45, 2.75) is 6.54 Å². The van der Waals surface area contributed by atoms with E-state index in [9.17, 15) is 5.11 Å². The predicted molar refractivity (Wildman–Crippen MR) is 106 cm³/mol. The minimum absolute atomic E-state index is 0.0857. The van der Waals surface area contributed by atoms with Crippen molar-refractivity contribution >= 4 is 11.0 Å². The van der Waals surface area contributed by atoms with E-state index >= 15 is 0 Å². The number of para-hydroxylation sites is 1. The van der Waals surface area contributed by atoms with Gasteiger partial charge in [-0.05, 0) is 36.4 Å². The molecule has 5 rings (SSSR count). The molecule has 0 bridgehead atoms. The van der Waals surface area contributed by atoms with E-state index in [0.717, 1.165) is 33.9 Å². The highest BCUT2D eigenvalue weighted by atomic mass is 16.3. The van der Waals surface area contributed by atoms with E-state index in [-0.39, 0.29) is 6.61 Å². The standard InChI is InChI=1S/C21H18N6O/c28-13-12-25-15-23-18-14-17(6-7-19(18)25)26-11-10-22-21(26)20-8-9-24-27(20)16-4-2-1-3-5-16/h1-11,14-15,28H,12-13H2. The zero-order valence-corrected chi connectivity index (χ0v) is 15.1. The van der Waals surface area contributed by atoms with Gasteiger partial charge in [-0.15, -0.1) is 0 Å². The van der Waals surface area contributed by atoms with Crippen molar-refractivity contribution in [2.24, 2.45) is 0 Å². The van der Waals surface area contributed by atoms with Crippen LogP contribution in [0.2, 0.25) is 0 Å². The van der Waals surface area contributed by atoms with E-state index in [1.165, 1.54) is 0 Å². The van der Waals surface area contributed by atoms with Crippen molar-refractivity contribution < 1.29 is 5.11 Å². The van der Waals surface area contributed by atoms with Gasteiger partial charge in [0.15, 0.2) is 5.82 Å². The fourth-order valence-corrected chi connectivity index (χ4v) is 3.44. The highest BCUT2D eigenvalue weighted by Gasteiger charge is 2.14. The van der Waals surface area contributed by atoms with E-state index in [1.807, 2.05) is 74.6 Å². The molecule has 0 spiro atoms. The van der Waals surface area contributed by atoms with Crippen LogP contribution < -0.4 is 0 Å². The summed E-state index contributed by atoms with van der Waals surface area (Å²) < 4.78 is 5.85. The predicted octanol–water partition coefficient (Wildman–Crippen LogP) is 3.07. The fraction of sp³-hybridized carbons (Fsp3) is 0.0952. The second-order valence-corrected chi connectivity index (χ2v) is 6.42. The lowest BCUT2D eigenvalue weighted by Crippen LogP contribution is -2.03. The Morgan fingerprint density at radius 3 is 2.64 bits per heavy atom. The molecular weight excluding hydrogens is 352 g/mol. The van der Waals surface area contributed by atoms with E-state index in [2.05, 4.69) is 15.1 Å². The molecule has 3 heterocycles. The zero-order valence-electron chi connectivity index (χ0n) is 15.1. The van der Waals surface area contributed by atoms with E-state index in [4.69, 9.17) is 0 Å². The van der Waals surface area contributed by atoms with Crippen molar-refractivity contribution in [3.8, 4) is 22.9 Å². The number of nitrogens with zero attached hydrogens (tertiary/aromatic N) is 6. The average Bonchev–Trinajstić information content (AvgIpc) is 3.47. The quantitative estimate of drug-likeness (QED) is 0.516. The Kier molecular flexibility index (Phi) is 3.99. The highest BCUT2D eigenvalue weighted by Crippen LogP contribution is 2.25. The summed E-state index contributed by atoms with van der Waals surface area (Å²) in [7, 11) is 0. The molecule has 0 aliphatic rings. The van der Waals surface area contributed by atoms with Crippen molar-refractivity contribution in [3.63, 3.8) is 0 Å². The number of aliphatic hydroxyl groups excluding tert-OH is 1. The van der Waals surface area contributed by atoms with E-state index in [0.29, 0.717) is 6.54 Å². The number of hydrogen-bond acceptors (Lipinski definition) is 4. The first kappa shape index (κ1) is 16.5. The van der Waals surface area contributed by atoms with Crippen LogP contribution in [0.3, 0.4) is 0 Å². The van der Waals surface area contributed by atoms with Crippen LogP contribution in [0.4, 0.5) is 0 Å². The van der Waals surface area contributed by atoms with Crippen molar-refractivity contribution in [3.05, 3.63) is 79.5 Å². The van der Waals surface area contributed by atoms with Gasteiger partial charge in [0.25, 0.3) is 0 Å². The molecule has 1 N–H and O–H groups in total. The number of benzene rings is 2. The Bertz CT molecular complexity index is 1230. The van der Waals surface area contributed by atoms with Gasteiger partial charge in [0.1, 0.15) is 5.69 Å². The van der Waals surface area contributed by atoms with Crippen LogP contribution in [0.25, 0.3) is 33.9 Å². The molecule has 2 aromatic carbocycles. The highest BCUT2D eigenvalue weighted by molar-refractivity contribution is 5.78. The van der Waals surface area contributed by atoms with Crippen LogP contribution in [0.15, 0.2) is 79.5 Å². The molecule has 0 fully saturated rings. The van der Waals surface area contributed by atoms with Gasteiger partial charge in [-0.25, -0.2) is 14.6 Å². The third-order valence-electron chi connectivity index (χ3n) is 4.74. The number of imidazole rings is 2. The molecule has 0 atom stereocenters. The molecule has 7 nitrogen and oxygen atoms in total. The number of hydrogen-bond donors (Lipinski definition) is 1. The molecule has 138 valence electrons. The molecule has 0 radical (unpaired) electrons. The number of aliphatic hydroxyl groups is 1. The summed E-state index contributed by atoms with van der Waals surface area (Å²) in [5.74, 6) is 0.801. The fourth-order valence-electron chi connectivity index (χ4n) is 3.44. The van der Waals surface area contributed by atoms with Gasteiger partial charge in [0.05, 0.1) is 35.9 Å². The van der Waals surface area contributed by atoms with Gasteiger partial charge in [-0.3, -0.25) is 4.57 Å². The third kappa shape index (κ3) is 2.69. The molecule has 3 aromatic heterocycles. The molecule has 0 amide bonds. The first-order valence-corrected chi connectivity index (χ1v) is 9.04. The maximum absolute atomic E-state index is 9.20. The second kappa shape index (κ2) is 6.79. The Labute approximate surface area is 161 Å². The van der Waals surface area contributed by atoms with E-state index in [1.54, 1.807) is 18.7 Å². The summed E-state index contributed by atoms with van der Waals surface area (Å²) >= 11 is 0. The maximum atomic E-state index is 9.20. The summed E-state index contributed by atoms with van der Waals surface area (Å²) in [4.78, 5) is 9.05. The zero-order chi connectivity index (χ0) is 18.9. The van der Waals surface area contributed by atoms with Crippen molar-refractivity contribution in [2.75, 3.05) is 6.61 Å². The first-order chi connectivity index (χ1) is 13.8. The monoisotopic (exact) mass is 370 g/mol. The minimum atomic E-state index is 0.0857. The van der Waals surface area contributed by atoms with Crippen molar-refractivity contribution in [1.82, 2.24) is 28.9 Å². The molecule has 0 aliphatic carbocycles. The lowest BCUT2D eigenvalue weighted by Gasteiger charge is -2.11. The van der Waals surface area contributed by atoms with Gasteiger partial charge in [-0.1, -0.05) is 18.2 Å². The Morgan fingerprint density at radius 2 is 1.79 bits per heavy atom. The lowest BCUT2D eigenvalue weighted by atomic mass is 10.2. The van der Waals surface area contributed by atoms with Crippen LogP contribution in [0.5, 0.6) is 0 Å². The van der Waals surface area contributed by atoms with Crippen LogP contribution >= 0.6 is 0 Å². The molecule has 0 aliphatic heterocycles. The largest absolute Gasteiger partial charge is 0.395 e. The smallest absolute Gasteiger partial charge is 0.163 e. The lowest BCUT2D eigenvalue weighted by molar-refractivity contribution is 0.278. The SMILES string of the molecule is OCCn1cnc2cc(-n3ccnc3-c3ccnn3-c3ccccc3)ccc21. The van der Waals surface area contributed by atoms with Crippen molar-refractivity contribution in [1.29, 1.82) is 0 Å². The number of rotatable bonds is 5. The van der Waals surface area contributed by atoms with Gasteiger partial charge in [-0.2, -0.15) is 5.10 Å². The molecule has 7 heteroatoms. The summed E-state index contributed by atoms with van der Waals surface area (Å²) in [5, 5.41) is 13.7. The van der Waals surface area contributed by atoms with Crippen LogP contribution in [-0.2, 0) is 6.54 Å². The topological polar surface area (TPSA) is 73.7 Å². The number of aromatic nitrogens is 6. The summed E-state index contributed by atoms with van der Waals surface area (Å²) in [6, 6.07) is 18.0. The molecule has 0 saturated heterocycles. The average molecular weight is 370 g/mol. The molecular formula is C21H18N6O. The van der Waals surface area contributed by atoms with Gasteiger partial charge in [0, 0.05) is 24.6 Å². The molecule has 0 saturated carbocycles. The molecule has 0 unspecified atom stereocenters. The first-order valence-electron chi connectivity index (χ1n) is 9.04. The summed E-state index contributed by atoms with van der Waals surface area (Å²) in [6.45, 7) is 0.616. The Balaban J connectivity index is 1.60.